The summed E-state index contributed by atoms with van der Waals surface area (Å²) in [5.41, 5.74) is 3.95. The molecular weight excluding hydrogens is 390 g/mol. The zero-order valence-corrected chi connectivity index (χ0v) is 16.6. The molecule has 0 aliphatic rings. The van der Waals surface area contributed by atoms with Crippen LogP contribution in [-0.4, -0.2) is 4.92 Å². The standard InChI is InChI=1S/C24H17N5O2/c1-16-6-8-18(9-7-16)26-23-12-13-24(21-5-3-2-4-20(21)23)28-27-22-11-10-19(29(30)31)14-17(22)15-25/h2-14,26H,1H3. The molecule has 0 atom stereocenters. The summed E-state index contributed by atoms with van der Waals surface area (Å²) in [6, 6.07) is 25.6. The van der Waals surface area contributed by atoms with Crippen molar-refractivity contribution in [1.29, 1.82) is 5.26 Å². The predicted octanol–water partition coefficient (Wildman–Crippen LogP) is 7.09. The molecule has 0 amide bonds. The number of nitrogens with zero attached hydrogens (tertiary/aromatic N) is 4. The lowest BCUT2D eigenvalue weighted by molar-refractivity contribution is -0.384. The van der Waals surface area contributed by atoms with Crippen LogP contribution in [0.25, 0.3) is 10.8 Å². The first-order valence-electron chi connectivity index (χ1n) is 9.51. The summed E-state index contributed by atoms with van der Waals surface area (Å²) in [6.07, 6.45) is 0. The molecule has 1 N–H and O–H groups in total. The molecule has 31 heavy (non-hydrogen) atoms. The minimum atomic E-state index is -0.547. The molecule has 0 aliphatic carbocycles. The predicted molar refractivity (Wildman–Crippen MR) is 120 cm³/mol. The number of aryl methyl sites for hydroxylation is 1. The largest absolute Gasteiger partial charge is 0.355 e. The Morgan fingerprint density at radius 3 is 2.29 bits per heavy atom. The Morgan fingerprint density at radius 1 is 0.903 bits per heavy atom. The number of non-ortho nitro benzene ring substituents is 1. The number of fused-ring (bicyclic) bond motifs is 1. The second-order valence-electron chi connectivity index (χ2n) is 6.94. The summed E-state index contributed by atoms with van der Waals surface area (Å²) in [5.74, 6) is 0. The number of hydrogen-bond acceptors (Lipinski definition) is 6. The van der Waals surface area contributed by atoms with Crippen LogP contribution in [0.15, 0.2) is 89.1 Å². The average molecular weight is 407 g/mol. The average Bonchev–Trinajstić information content (AvgIpc) is 2.79. The fourth-order valence-corrected chi connectivity index (χ4v) is 3.19. The number of nitriles is 1. The fraction of sp³-hybridized carbons (Fsp3) is 0.0417. The van der Waals surface area contributed by atoms with Gasteiger partial charge in [-0.15, -0.1) is 10.2 Å². The van der Waals surface area contributed by atoms with Gasteiger partial charge in [0.15, 0.2) is 0 Å². The molecule has 0 fully saturated rings. The van der Waals surface area contributed by atoms with Gasteiger partial charge >= 0.3 is 0 Å². The van der Waals surface area contributed by atoms with Crippen molar-refractivity contribution in [2.24, 2.45) is 10.2 Å². The summed E-state index contributed by atoms with van der Waals surface area (Å²) in [6.45, 7) is 2.04. The topological polar surface area (TPSA) is 104 Å². The highest BCUT2D eigenvalue weighted by molar-refractivity contribution is 6.01. The van der Waals surface area contributed by atoms with Gasteiger partial charge in [0.25, 0.3) is 5.69 Å². The highest BCUT2D eigenvalue weighted by atomic mass is 16.6. The monoisotopic (exact) mass is 407 g/mol. The van der Waals surface area contributed by atoms with E-state index in [1.54, 1.807) is 0 Å². The van der Waals surface area contributed by atoms with Gasteiger partial charge in [0, 0.05) is 34.3 Å². The Labute approximate surface area is 178 Å². The Hall–Kier alpha value is -4.57. The Balaban J connectivity index is 1.70. The molecule has 4 aromatic rings. The normalized spacial score (nSPS) is 10.8. The molecule has 7 nitrogen and oxygen atoms in total. The smallest absolute Gasteiger partial charge is 0.270 e. The third kappa shape index (κ3) is 4.23. The van der Waals surface area contributed by atoms with Crippen LogP contribution in [0.1, 0.15) is 11.1 Å². The lowest BCUT2D eigenvalue weighted by Crippen LogP contribution is -1.91. The molecule has 0 radical (unpaired) electrons. The van der Waals surface area contributed by atoms with Gasteiger partial charge < -0.3 is 5.32 Å². The van der Waals surface area contributed by atoms with Crippen molar-refractivity contribution in [1.82, 2.24) is 0 Å². The van der Waals surface area contributed by atoms with E-state index in [0.717, 1.165) is 22.1 Å². The van der Waals surface area contributed by atoms with E-state index in [1.165, 1.54) is 23.8 Å². The number of hydrogen-bond donors (Lipinski definition) is 1. The lowest BCUT2D eigenvalue weighted by atomic mass is 10.1. The maximum Gasteiger partial charge on any atom is 0.270 e. The van der Waals surface area contributed by atoms with Gasteiger partial charge in [-0.2, -0.15) is 5.26 Å². The Morgan fingerprint density at radius 2 is 1.58 bits per heavy atom. The Kier molecular flexibility index (Phi) is 5.37. The van der Waals surface area contributed by atoms with Crippen molar-refractivity contribution in [2.45, 2.75) is 6.92 Å². The van der Waals surface area contributed by atoms with E-state index >= 15 is 0 Å². The fourth-order valence-electron chi connectivity index (χ4n) is 3.19. The molecule has 0 saturated carbocycles. The van der Waals surface area contributed by atoms with E-state index in [-0.39, 0.29) is 16.9 Å². The molecule has 7 heteroatoms. The zero-order chi connectivity index (χ0) is 21.8. The number of rotatable bonds is 5. The number of nitrogens with one attached hydrogen (secondary N) is 1. The van der Waals surface area contributed by atoms with Crippen LogP contribution in [0.2, 0.25) is 0 Å². The highest BCUT2D eigenvalue weighted by Gasteiger charge is 2.11. The number of nitro benzene ring substituents is 1. The number of nitro groups is 1. The van der Waals surface area contributed by atoms with E-state index < -0.39 is 4.92 Å². The van der Waals surface area contributed by atoms with E-state index in [2.05, 4.69) is 15.5 Å². The summed E-state index contributed by atoms with van der Waals surface area (Å²) < 4.78 is 0. The maximum absolute atomic E-state index is 10.9. The molecule has 0 aromatic heterocycles. The van der Waals surface area contributed by atoms with Crippen molar-refractivity contribution in [3.63, 3.8) is 0 Å². The van der Waals surface area contributed by atoms with Gasteiger partial charge in [-0.05, 0) is 37.3 Å². The van der Waals surface area contributed by atoms with Crippen LogP contribution in [0, 0.1) is 28.4 Å². The molecule has 0 aliphatic heterocycles. The van der Waals surface area contributed by atoms with Crippen molar-refractivity contribution in [3.05, 3.63) is 100 Å². The van der Waals surface area contributed by atoms with Gasteiger partial charge in [-0.3, -0.25) is 10.1 Å². The number of benzene rings is 4. The lowest BCUT2D eigenvalue weighted by Gasteiger charge is -2.11. The quantitative estimate of drug-likeness (QED) is 0.217. The first-order valence-corrected chi connectivity index (χ1v) is 9.51. The van der Waals surface area contributed by atoms with Crippen LogP contribution in [-0.2, 0) is 0 Å². The Bertz CT molecular complexity index is 1360. The van der Waals surface area contributed by atoms with Gasteiger partial charge in [0.2, 0.25) is 0 Å². The van der Waals surface area contributed by atoms with Crippen LogP contribution in [0.3, 0.4) is 0 Å². The van der Waals surface area contributed by atoms with Crippen LogP contribution >= 0.6 is 0 Å². The van der Waals surface area contributed by atoms with Gasteiger partial charge in [-0.1, -0.05) is 42.0 Å². The van der Waals surface area contributed by atoms with Gasteiger partial charge in [0.05, 0.1) is 16.2 Å². The molecule has 150 valence electrons. The van der Waals surface area contributed by atoms with E-state index in [1.807, 2.05) is 73.7 Å². The van der Waals surface area contributed by atoms with Crippen molar-refractivity contribution < 1.29 is 4.92 Å². The van der Waals surface area contributed by atoms with Gasteiger partial charge in [0.1, 0.15) is 11.8 Å². The van der Waals surface area contributed by atoms with Crippen molar-refractivity contribution in [2.75, 3.05) is 5.32 Å². The van der Waals surface area contributed by atoms with Crippen molar-refractivity contribution in [3.8, 4) is 6.07 Å². The minimum absolute atomic E-state index is 0.0971. The van der Waals surface area contributed by atoms with Crippen LogP contribution in [0.5, 0.6) is 0 Å². The zero-order valence-electron chi connectivity index (χ0n) is 16.6. The third-order valence-electron chi connectivity index (χ3n) is 4.81. The number of azo groups is 1. The molecule has 4 aromatic carbocycles. The molecule has 0 bridgehead atoms. The first kappa shape index (κ1) is 19.7. The van der Waals surface area contributed by atoms with E-state index in [9.17, 15) is 15.4 Å². The molecule has 0 saturated heterocycles. The summed E-state index contributed by atoms with van der Waals surface area (Å²) in [4.78, 5) is 10.4. The molecule has 0 unspecified atom stereocenters. The van der Waals surface area contributed by atoms with E-state index in [0.29, 0.717) is 5.69 Å². The van der Waals surface area contributed by atoms with E-state index in [4.69, 9.17) is 0 Å². The molecule has 0 heterocycles. The summed E-state index contributed by atoms with van der Waals surface area (Å²) in [5, 5.41) is 34.0. The highest BCUT2D eigenvalue weighted by Crippen LogP contribution is 2.35. The van der Waals surface area contributed by atoms with Crippen LogP contribution in [0.4, 0.5) is 28.4 Å². The van der Waals surface area contributed by atoms with Gasteiger partial charge in [-0.25, -0.2) is 0 Å². The summed E-state index contributed by atoms with van der Waals surface area (Å²) in [7, 11) is 0. The number of anilines is 2. The second kappa shape index (κ2) is 8.43. The molecule has 4 rings (SSSR count). The molecule has 0 spiro atoms. The second-order valence-corrected chi connectivity index (χ2v) is 6.94. The first-order chi connectivity index (χ1) is 15.0. The third-order valence-corrected chi connectivity index (χ3v) is 4.81. The molecular formula is C24H17N5O2. The van der Waals surface area contributed by atoms with Crippen LogP contribution < -0.4 is 5.32 Å². The summed E-state index contributed by atoms with van der Waals surface area (Å²) >= 11 is 0. The minimum Gasteiger partial charge on any atom is -0.355 e. The maximum atomic E-state index is 10.9. The van der Waals surface area contributed by atoms with Crippen molar-refractivity contribution >= 4 is 39.2 Å². The SMILES string of the molecule is Cc1ccc(Nc2ccc(N=Nc3ccc([N+](=O)[O-])cc3C#N)c3ccccc23)cc1.